The van der Waals surface area contributed by atoms with E-state index in [0.717, 1.165) is 40.6 Å². The van der Waals surface area contributed by atoms with Gasteiger partial charge in [-0.1, -0.05) is 59.9 Å². The van der Waals surface area contributed by atoms with E-state index in [9.17, 15) is 9.59 Å². The van der Waals surface area contributed by atoms with E-state index < -0.39 is 6.04 Å². The Morgan fingerprint density at radius 3 is 2.69 bits per heavy atom. The molecule has 0 amide bonds. The smallest absolute Gasteiger partial charge is 0.271 e. The summed E-state index contributed by atoms with van der Waals surface area (Å²) in [5, 5.41) is 2.13. The molecular formula is C26H19N3O2S. The molecule has 5 nitrogen and oxygen atoms in total. The highest BCUT2D eigenvalue weighted by Crippen LogP contribution is 2.38. The molecule has 0 saturated carbocycles. The second-order valence-corrected chi connectivity index (χ2v) is 9.05. The van der Waals surface area contributed by atoms with Gasteiger partial charge in [-0.3, -0.25) is 19.1 Å². The van der Waals surface area contributed by atoms with Crippen molar-refractivity contribution in [1.29, 1.82) is 0 Å². The summed E-state index contributed by atoms with van der Waals surface area (Å²) in [6, 6.07) is 19.3. The van der Waals surface area contributed by atoms with Crippen LogP contribution in [0.15, 0.2) is 87.9 Å². The minimum atomic E-state index is -0.467. The first kappa shape index (κ1) is 19.1. The number of pyridine rings is 1. The maximum absolute atomic E-state index is 13.6. The van der Waals surface area contributed by atoms with Crippen LogP contribution in [0.25, 0.3) is 16.8 Å². The summed E-state index contributed by atoms with van der Waals surface area (Å²) in [6.07, 6.45) is 5.56. The molecule has 6 heteroatoms. The summed E-state index contributed by atoms with van der Waals surface area (Å²) >= 11 is 1.36. The lowest BCUT2D eigenvalue weighted by Gasteiger charge is -2.29. The van der Waals surface area contributed by atoms with Gasteiger partial charge in [-0.2, -0.15) is 0 Å². The van der Waals surface area contributed by atoms with Crippen LogP contribution >= 0.6 is 11.3 Å². The van der Waals surface area contributed by atoms with Gasteiger partial charge >= 0.3 is 0 Å². The third-order valence-corrected chi connectivity index (χ3v) is 7.10. The predicted molar refractivity (Wildman–Crippen MR) is 125 cm³/mol. The third-order valence-electron chi connectivity index (χ3n) is 6.11. The van der Waals surface area contributed by atoms with Crippen molar-refractivity contribution < 1.29 is 4.79 Å². The first-order valence-corrected chi connectivity index (χ1v) is 11.5. The molecule has 6 rings (SSSR count). The number of ketones is 1. The number of allylic oxidation sites excluding steroid dienone is 2. The van der Waals surface area contributed by atoms with Crippen molar-refractivity contribution in [3.8, 4) is 0 Å². The lowest BCUT2D eigenvalue weighted by atomic mass is 9.84. The monoisotopic (exact) mass is 437 g/mol. The van der Waals surface area contributed by atoms with Crippen LogP contribution in [0.4, 0.5) is 0 Å². The summed E-state index contributed by atoms with van der Waals surface area (Å²) in [4.78, 5) is 36.5. The molecule has 1 unspecified atom stereocenters. The average Bonchev–Trinajstić information content (AvgIpc) is 3.13. The van der Waals surface area contributed by atoms with Gasteiger partial charge in [-0.25, -0.2) is 4.99 Å². The molecule has 4 aromatic rings. The van der Waals surface area contributed by atoms with Crippen LogP contribution in [0.3, 0.4) is 0 Å². The van der Waals surface area contributed by atoms with Crippen molar-refractivity contribution in [1.82, 2.24) is 9.55 Å². The number of carbonyl (C=O) groups excluding carboxylic acids is 1. The molecule has 0 bridgehead atoms. The standard InChI is InChI=1S/C26H19N3O2S/c30-21-13-6-12-20-23(21)24(19-11-5-8-16-7-1-2-10-18(16)19)29-25(31)22(32-26(29)28-20)15-17-9-3-4-14-27-17/h1-5,7-11,14-15,24H,6,12-13H2. The zero-order chi connectivity index (χ0) is 21.7. The SMILES string of the molecule is O=C1CCCC2=C1C(c1cccc3ccccc13)n1c(sc(=Cc3ccccn3)c1=O)=N2. The highest BCUT2D eigenvalue weighted by Gasteiger charge is 2.35. The van der Waals surface area contributed by atoms with E-state index in [1.807, 2.05) is 42.5 Å². The number of benzene rings is 2. The van der Waals surface area contributed by atoms with Gasteiger partial charge in [0.2, 0.25) is 0 Å². The van der Waals surface area contributed by atoms with E-state index in [2.05, 4.69) is 23.2 Å². The first-order chi connectivity index (χ1) is 15.7. The fourth-order valence-electron chi connectivity index (χ4n) is 4.69. The quantitative estimate of drug-likeness (QED) is 0.482. The van der Waals surface area contributed by atoms with Gasteiger partial charge in [0.1, 0.15) is 0 Å². The van der Waals surface area contributed by atoms with E-state index in [-0.39, 0.29) is 11.3 Å². The molecule has 2 aromatic heterocycles. The summed E-state index contributed by atoms with van der Waals surface area (Å²) in [5.74, 6) is 0.0898. The lowest BCUT2D eigenvalue weighted by Crippen LogP contribution is -2.40. The number of hydrogen-bond acceptors (Lipinski definition) is 5. The van der Waals surface area contributed by atoms with Crippen molar-refractivity contribution >= 4 is 34.0 Å². The van der Waals surface area contributed by atoms with Gasteiger partial charge in [-0.05, 0) is 47.4 Å². The number of hydrogen-bond donors (Lipinski definition) is 0. The van der Waals surface area contributed by atoms with Gasteiger partial charge in [0.15, 0.2) is 10.6 Å². The molecule has 1 aliphatic carbocycles. The minimum absolute atomic E-state index is 0.0898. The van der Waals surface area contributed by atoms with Crippen molar-refractivity contribution in [2.45, 2.75) is 25.3 Å². The Labute approximate surface area is 187 Å². The van der Waals surface area contributed by atoms with E-state index in [0.29, 0.717) is 21.3 Å². The highest BCUT2D eigenvalue weighted by molar-refractivity contribution is 7.07. The molecule has 0 N–H and O–H groups in total. The zero-order valence-electron chi connectivity index (χ0n) is 17.2. The maximum atomic E-state index is 13.6. The topological polar surface area (TPSA) is 64.3 Å². The first-order valence-electron chi connectivity index (χ1n) is 10.7. The van der Waals surface area contributed by atoms with E-state index in [1.54, 1.807) is 16.8 Å². The Hall–Kier alpha value is -3.64. The average molecular weight is 438 g/mol. The molecule has 1 aliphatic heterocycles. The Morgan fingerprint density at radius 2 is 1.81 bits per heavy atom. The lowest BCUT2D eigenvalue weighted by molar-refractivity contribution is -0.116. The molecule has 0 spiro atoms. The van der Waals surface area contributed by atoms with Crippen molar-refractivity contribution in [2.75, 3.05) is 0 Å². The van der Waals surface area contributed by atoms with Crippen LogP contribution in [-0.4, -0.2) is 15.3 Å². The Morgan fingerprint density at radius 1 is 0.969 bits per heavy atom. The molecule has 0 saturated heterocycles. The molecule has 3 heterocycles. The number of nitrogens with zero attached hydrogens (tertiary/aromatic N) is 3. The van der Waals surface area contributed by atoms with Crippen molar-refractivity contribution in [2.24, 2.45) is 4.99 Å². The van der Waals surface area contributed by atoms with Gasteiger partial charge in [-0.15, -0.1) is 0 Å². The maximum Gasteiger partial charge on any atom is 0.271 e. The van der Waals surface area contributed by atoms with E-state index in [1.165, 1.54) is 11.3 Å². The molecule has 156 valence electrons. The summed E-state index contributed by atoms with van der Waals surface area (Å²) in [7, 11) is 0. The van der Waals surface area contributed by atoms with Crippen LogP contribution in [-0.2, 0) is 4.79 Å². The van der Waals surface area contributed by atoms with Gasteiger partial charge < -0.3 is 0 Å². The minimum Gasteiger partial charge on any atom is -0.294 e. The number of carbonyl (C=O) groups is 1. The van der Waals surface area contributed by atoms with Gasteiger partial charge in [0.25, 0.3) is 5.56 Å². The second-order valence-electron chi connectivity index (χ2n) is 8.04. The Bertz CT molecular complexity index is 1590. The fourth-order valence-corrected chi connectivity index (χ4v) is 5.69. The molecule has 2 aromatic carbocycles. The fraction of sp³-hybridized carbons (Fsp3) is 0.154. The van der Waals surface area contributed by atoms with E-state index in [4.69, 9.17) is 4.99 Å². The molecule has 0 fully saturated rings. The van der Waals surface area contributed by atoms with Gasteiger partial charge in [0, 0.05) is 18.2 Å². The van der Waals surface area contributed by atoms with Crippen LogP contribution in [0, 0.1) is 0 Å². The summed E-state index contributed by atoms with van der Waals surface area (Å²) in [5.41, 5.74) is 3.04. The molecule has 0 radical (unpaired) electrons. The predicted octanol–water partition coefficient (Wildman–Crippen LogP) is 3.52. The van der Waals surface area contributed by atoms with Crippen LogP contribution < -0.4 is 14.9 Å². The van der Waals surface area contributed by atoms with Gasteiger partial charge in [0.05, 0.1) is 22.0 Å². The van der Waals surface area contributed by atoms with Crippen LogP contribution in [0.1, 0.15) is 36.6 Å². The number of thiazole rings is 1. The summed E-state index contributed by atoms with van der Waals surface area (Å²) < 4.78 is 2.28. The molecular weight excluding hydrogens is 418 g/mol. The molecule has 2 aliphatic rings. The summed E-state index contributed by atoms with van der Waals surface area (Å²) in [6.45, 7) is 0. The van der Waals surface area contributed by atoms with Crippen molar-refractivity contribution in [3.05, 3.63) is 109 Å². The largest absolute Gasteiger partial charge is 0.294 e. The zero-order valence-corrected chi connectivity index (χ0v) is 18.0. The normalized spacial score (nSPS) is 18.4. The number of aromatic nitrogens is 2. The Kier molecular flexibility index (Phi) is 4.47. The molecule has 32 heavy (non-hydrogen) atoms. The van der Waals surface area contributed by atoms with Crippen LogP contribution in [0.5, 0.6) is 0 Å². The number of fused-ring (bicyclic) bond motifs is 2. The highest BCUT2D eigenvalue weighted by atomic mass is 32.1. The number of rotatable bonds is 2. The Balaban J connectivity index is 1.67. The molecule has 1 atom stereocenters. The third kappa shape index (κ3) is 2.99. The number of Topliss-reactive ketones (excluding diaryl/α,β-unsaturated/α-hetero) is 1. The second kappa shape index (κ2) is 7.50. The van der Waals surface area contributed by atoms with E-state index >= 15 is 0 Å². The van der Waals surface area contributed by atoms with Crippen molar-refractivity contribution in [3.63, 3.8) is 0 Å². The van der Waals surface area contributed by atoms with Crippen LogP contribution in [0.2, 0.25) is 0 Å².